The maximum absolute atomic E-state index is 2.55. The molecular formula is C13H29N. The first-order valence-electron chi connectivity index (χ1n) is 6.23. The maximum Gasteiger partial charge on any atom is 0.00384 e. The minimum Gasteiger partial charge on any atom is -0.301 e. The van der Waals surface area contributed by atoms with E-state index in [1.54, 1.807) is 0 Å². The van der Waals surface area contributed by atoms with Crippen LogP contribution < -0.4 is 0 Å². The largest absolute Gasteiger partial charge is 0.301 e. The number of rotatable bonds is 7. The molecule has 0 N–H and O–H groups in total. The summed E-state index contributed by atoms with van der Waals surface area (Å²) in [4.78, 5) is 2.55. The van der Waals surface area contributed by atoms with Gasteiger partial charge in [0.05, 0.1) is 0 Å². The summed E-state index contributed by atoms with van der Waals surface area (Å²) in [6.07, 6.45) is 2.73. The minimum atomic E-state index is 0.703. The second-order valence-corrected chi connectivity index (χ2v) is 5.09. The third kappa shape index (κ3) is 5.64. The van der Waals surface area contributed by atoms with Crippen LogP contribution in [0.25, 0.3) is 0 Å². The zero-order valence-corrected chi connectivity index (χ0v) is 11.0. The Morgan fingerprint density at radius 1 is 1.00 bits per heavy atom. The van der Waals surface area contributed by atoms with Crippen LogP contribution in [0.15, 0.2) is 0 Å². The van der Waals surface area contributed by atoms with E-state index in [0.29, 0.717) is 6.04 Å². The summed E-state index contributed by atoms with van der Waals surface area (Å²) in [5.74, 6) is 1.71. The molecule has 0 bridgehead atoms. The van der Waals surface area contributed by atoms with E-state index < -0.39 is 0 Å². The normalized spacial score (nSPS) is 14.4. The van der Waals surface area contributed by atoms with Gasteiger partial charge in [0.1, 0.15) is 0 Å². The molecule has 1 atom stereocenters. The second-order valence-electron chi connectivity index (χ2n) is 5.09. The van der Waals surface area contributed by atoms with Gasteiger partial charge in [-0.3, -0.25) is 0 Å². The van der Waals surface area contributed by atoms with Gasteiger partial charge in [0.15, 0.2) is 0 Å². The molecule has 0 saturated carbocycles. The Kier molecular flexibility index (Phi) is 7.26. The second kappa shape index (κ2) is 7.28. The molecule has 1 heteroatoms. The fourth-order valence-corrected chi connectivity index (χ4v) is 1.73. The highest BCUT2D eigenvalue weighted by molar-refractivity contribution is 4.63. The van der Waals surface area contributed by atoms with Crippen LogP contribution in [0.2, 0.25) is 0 Å². The minimum absolute atomic E-state index is 0.703. The molecule has 0 fully saturated rings. The van der Waals surface area contributed by atoms with Crippen molar-refractivity contribution in [3.63, 3.8) is 0 Å². The molecule has 0 radical (unpaired) electrons. The van der Waals surface area contributed by atoms with Crippen LogP contribution in [0.4, 0.5) is 0 Å². The lowest BCUT2D eigenvalue weighted by Crippen LogP contribution is -2.31. The Morgan fingerprint density at radius 3 is 1.93 bits per heavy atom. The first-order chi connectivity index (χ1) is 6.49. The van der Waals surface area contributed by atoms with Gasteiger partial charge in [-0.1, -0.05) is 27.7 Å². The predicted molar refractivity (Wildman–Crippen MR) is 65.6 cm³/mol. The van der Waals surface area contributed by atoms with Gasteiger partial charge in [0, 0.05) is 6.04 Å². The molecule has 0 aromatic rings. The molecule has 0 heterocycles. The molecule has 0 aromatic carbocycles. The van der Waals surface area contributed by atoms with Crippen LogP contribution in [0, 0.1) is 11.8 Å². The summed E-state index contributed by atoms with van der Waals surface area (Å²) in [7, 11) is 0. The Hall–Kier alpha value is -0.0400. The molecule has 0 amide bonds. The van der Waals surface area contributed by atoms with Crippen molar-refractivity contribution in [3.8, 4) is 0 Å². The van der Waals surface area contributed by atoms with Crippen LogP contribution in [-0.4, -0.2) is 24.0 Å². The van der Waals surface area contributed by atoms with E-state index in [0.717, 1.165) is 11.8 Å². The molecule has 0 spiro atoms. The first kappa shape index (κ1) is 14.0. The Morgan fingerprint density at radius 2 is 1.57 bits per heavy atom. The molecule has 1 nitrogen and oxygen atoms in total. The molecule has 0 aliphatic carbocycles. The van der Waals surface area contributed by atoms with E-state index >= 15 is 0 Å². The number of hydrogen-bond donors (Lipinski definition) is 0. The third-order valence-corrected chi connectivity index (χ3v) is 3.38. The van der Waals surface area contributed by atoms with Crippen LogP contribution >= 0.6 is 0 Å². The lowest BCUT2D eigenvalue weighted by atomic mass is 9.93. The molecule has 1 unspecified atom stereocenters. The van der Waals surface area contributed by atoms with Crippen molar-refractivity contribution in [2.24, 2.45) is 11.8 Å². The molecule has 86 valence electrons. The third-order valence-electron chi connectivity index (χ3n) is 3.38. The Bertz CT molecular complexity index is 129. The van der Waals surface area contributed by atoms with Crippen molar-refractivity contribution in [1.82, 2.24) is 4.90 Å². The molecular weight excluding hydrogens is 170 g/mol. The number of nitrogens with zero attached hydrogens (tertiary/aromatic N) is 1. The summed E-state index contributed by atoms with van der Waals surface area (Å²) in [6, 6.07) is 0.703. The molecule has 0 aliphatic heterocycles. The Labute approximate surface area is 90.9 Å². The van der Waals surface area contributed by atoms with Gasteiger partial charge in [0.25, 0.3) is 0 Å². The van der Waals surface area contributed by atoms with Gasteiger partial charge in [-0.2, -0.15) is 0 Å². The van der Waals surface area contributed by atoms with E-state index in [2.05, 4.69) is 46.4 Å². The SMILES string of the molecule is CCN(CCCC(C)C(C)C)C(C)C. The van der Waals surface area contributed by atoms with E-state index in [1.165, 1.54) is 25.9 Å². The van der Waals surface area contributed by atoms with E-state index in [-0.39, 0.29) is 0 Å². The monoisotopic (exact) mass is 199 g/mol. The van der Waals surface area contributed by atoms with Gasteiger partial charge in [-0.05, 0) is 51.6 Å². The number of hydrogen-bond acceptors (Lipinski definition) is 1. The molecule has 0 saturated heterocycles. The average molecular weight is 199 g/mol. The standard InChI is InChI=1S/C13H29N/c1-7-14(12(4)5)10-8-9-13(6)11(2)3/h11-13H,7-10H2,1-6H3. The first-order valence-corrected chi connectivity index (χ1v) is 6.23. The highest BCUT2D eigenvalue weighted by Gasteiger charge is 2.09. The van der Waals surface area contributed by atoms with Gasteiger partial charge in [0.2, 0.25) is 0 Å². The summed E-state index contributed by atoms with van der Waals surface area (Å²) in [6.45, 7) is 16.3. The van der Waals surface area contributed by atoms with Crippen LogP contribution in [-0.2, 0) is 0 Å². The molecule has 0 aromatic heterocycles. The predicted octanol–water partition coefficient (Wildman–Crippen LogP) is 3.79. The van der Waals surface area contributed by atoms with Crippen molar-refractivity contribution in [1.29, 1.82) is 0 Å². The van der Waals surface area contributed by atoms with E-state index in [9.17, 15) is 0 Å². The fourth-order valence-electron chi connectivity index (χ4n) is 1.73. The smallest absolute Gasteiger partial charge is 0.00384 e. The van der Waals surface area contributed by atoms with Crippen LogP contribution in [0.5, 0.6) is 0 Å². The summed E-state index contributed by atoms with van der Waals surface area (Å²) < 4.78 is 0. The quantitative estimate of drug-likeness (QED) is 0.603. The zero-order chi connectivity index (χ0) is 11.1. The van der Waals surface area contributed by atoms with Crippen molar-refractivity contribution >= 4 is 0 Å². The van der Waals surface area contributed by atoms with Crippen LogP contribution in [0.1, 0.15) is 54.4 Å². The van der Waals surface area contributed by atoms with Crippen molar-refractivity contribution in [3.05, 3.63) is 0 Å². The molecule has 0 aliphatic rings. The Balaban J connectivity index is 3.61. The van der Waals surface area contributed by atoms with Gasteiger partial charge in [-0.15, -0.1) is 0 Å². The van der Waals surface area contributed by atoms with Crippen molar-refractivity contribution < 1.29 is 0 Å². The van der Waals surface area contributed by atoms with Gasteiger partial charge >= 0.3 is 0 Å². The van der Waals surface area contributed by atoms with Crippen molar-refractivity contribution in [2.75, 3.05) is 13.1 Å². The summed E-state index contributed by atoms with van der Waals surface area (Å²) in [5, 5.41) is 0. The lowest BCUT2D eigenvalue weighted by molar-refractivity contribution is 0.220. The van der Waals surface area contributed by atoms with Gasteiger partial charge in [-0.25, -0.2) is 0 Å². The molecule has 0 rings (SSSR count). The summed E-state index contributed by atoms with van der Waals surface area (Å²) in [5.41, 5.74) is 0. The van der Waals surface area contributed by atoms with E-state index in [1.807, 2.05) is 0 Å². The highest BCUT2D eigenvalue weighted by atomic mass is 15.1. The van der Waals surface area contributed by atoms with Crippen molar-refractivity contribution in [2.45, 2.75) is 60.4 Å². The molecule has 14 heavy (non-hydrogen) atoms. The average Bonchev–Trinajstić information content (AvgIpc) is 2.11. The topological polar surface area (TPSA) is 3.24 Å². The highest BCUT2D eigenvalue weighted by Crippen LogP contribution is 2.16. The lowest BCUT2D eigenvalue weighted by Gasteiger charge is -2.25. The van der Waals surface area contributed by atoms with Crippen LogP contribution in [0.3, 0.4) is 0 Å². The fraction of sp³-hybridized carbons (Fsp3) is 1.00. The van der Waals surface area contributed by atoms with E-state index in [4.69, 9.17) is 0 Å². The zero-order valence-electron chi connectivity index (χ0n) is 11.0. The van der Waals surface area contributed by atoms with Gasteiger partial charge < -0.3 is 4.90 Å². The maximum atomic E-state index is 2.55. The summed E-state index contributed by atoms with van der Waals surface area (Å²) >= 11 is 0.